The summed E-state index contributed by atoms with van der Waals surface area (Å²) < 4.78 is 0. The molecule has 0 saturated carbocycles. The third-order valence-corrected chi connectivity index (χ3v) is 1.53. The fourth-order valence-electron chi connectivity index (χ4n) is 0.496. The average Bonchev–Trinajstić information content (AvgIpc) is 1.84. The van der Waals surface area contributed by atoms with E-state index in [-0.39, 0.29) is 5.92 Å². The van der Waals surface area contributed by atoms with Crippen molar-refractivity contribution in [1.82, 2.24) is 0 Å². The van der Waals surface area contributed by atoms with Crippen LogP contribution >= 0.6 is 0 Å². The van der Waals surface area contributed by atoms with E-state index in [1.54, 1.807) is 0 Å². The molecule has 52 valence electrons. The van der Waals surface area contributed by atoms with E-state index >= 15 is 0 Å². The Morgan fingerprint density at radius 2 is 2.11 bits per heavy atom. The first-order valence-electron chi connectivity index (χ1n) is 3.05. The molecule has 0 aliphatic carbocycles. The van der Waals surface area contributed by atoms with Crippen LogP contribution in [0.4, 0.5) is 0 Å². The van der Waals surface area contributed by atoms with Gasteiger partial charge in [-0.3, -0.25) is 0 Å². The number of aliphatic hydroxyl groups excluding tert-OH is 1. The fourth-order valence-corrected chi connectivity index (χ4v) is 0.496. The van der Waals surface area contributed by atoms with Gasteiger partial charge in [0.05, 0.1) is 6.10 Å². The molecule has 0 aromatic heterocycles. The van der Waals surface area contributed by atoms with Gasteiger partial charge in [0.1, 0.15) is 0 Å². The summed E-state index contributed by atoms with van der Waals surface area (Å²) >= 11 is 0. The molecule has 0 aromatic carbocycles. The van der Waals surface area contributed by atoms with Crippen LogP contribution in [0.25, 0.3) is 0 Å². The third kappa shape index (κ3) is 2.47. The maximum Gasteiger partial charge on any atom is 0.0780 e. The van der Waals surface area contributed by atoms with Gasteiger partial charge in [-0.15, -0.1) is 6.58 Å². The molecule has 0 bridgehead atoms. The molecule has 0 saturated heterocycles. The van der Waals surface area contributed by atoms with E-state index in [1.165, 1.54) is 6.08 Å². The van der Waals surface area contributed by atoms with Crippen LogP contribution in [0.5, 0.6) is 0 Å². The Morgan fingerprint density at radius 3 is 2.22 bits per heavy atom. The lowest BCUT2D eigenvalue weighted by atomic mass is 9.98. The summed E-state index contributed by atoms with van der Waals surface area (Å²) in [6, 6.07) is 0. The smallest absolute Gasteiger partial charge is 0.0780 e. The number of hydrogen-bond donors (Lipinski definition) is 1. The van der Waals surface area contributed by atoms with E-state index in [4.69, 9.17) is 5.11 Å². The standard InChI is InChI=1S/C8H14O/c1-5-8(9)7(4)6(2)3/h5,7-9H,1-2H2,3-4H3. The minimum Gasteiger partial charge on any atom is -0.388 e. The van der Waals surface area contributed by atoms with Crippen LogP contribution in [0.1, 0.15) is 13.8 Å². The lowest BCUT2D eigenvalue weighted by Crippen LogP contribution is -2.14. The first-order valence-corrected chi connectivity index (χ1v) is 3.05. The second kappa shape index (κ2) is 3.46. The van der Waals surface area contributed by atoms with Gasteiger partial charge in [-0.2, -0.15) is 0 Å². The molecule has 9 heavy (non-hydrogen) atoms. The molecule has 0 rings (SSSR count). The van der Waals surface area contributed by atoms with Gasteiger partial charge < -0.3 is 5.11 Å². The average molecular weight is 126 g/mol. The van der Waals surface area contributed by atoms with Crippen LogP contribution in [-0.2, 0) is 0 Å². The van der Waals surface area contributed by atoms with E-state index in [0.29, 0.717) is 0 Å². The van der Waals surface area contributed by atoms with Crippen LogP contribution in [0.2, 0.25) is 0 Å². The highest BCUT2D eigenvalue weighted by Gasteiger charge is 2.09. The van der Waals surface area contributed by atoms with Gasteiger partial charge in [0.25, 0.3) is 0 Å². The van der Waals surface area contributed by atoms with Crippen molar-refractivity contribution < 1.29 is 5.11 Å². The minimum atomic E-state index is -0.442. The molecule has 0 fully saturated rings. The molecule has 1 nitrogen and oxygen atoms in total. The zero-order valence-corrected chi connectivity index (χ0v) is 6.09. The molecule has 2 unspecified atom stereocenters. The van der Waals surface area contributed by atoms with Crippen molar-refractivity contribution in [2.45, 2.75) is 20.0 Å². The highest BCUT2D eigenvalue weighted by Crippen LogP contribution is 2.11. The van der Waals surface area contributed by atoms with E-state index < -0.39 is 6.10 Å². The molecular weight excluding hydrogens is 112 g/mol. The van der Waals surface area contributed by atoms with Crippen molar-refractivity contribution in [2.75, 3.05) is 0 Å². The van der Waals surface area contributed by atoms with E-state index in [1.807, 2.05) is 13.8 Å². The van der Waals surface area contributed by atoms with Gasteiger partial charge in [-0.25, -0.2) is 0 Å². The van der Waals surface area contributed by atoms with Gasteiger partial charge in [-0.05, 0) is 6.92 Å². The molecule has 0 radical (unpaired) electrons. The molecule has 1 N–H and O–H groups in total. The Bertz CT molecular complexity index is 116. The summed E-state index contributed by atoms with van der Waals surface area (Å²) in [6.07, 6.45) is 1.08. The van der Waals surface area contributed by atoms with E-state index in [2.05, 4.69) is 13.2 Å². The quantitative estimate of drug-likeness (QED) is 0.571. The molecule has 2 atom stereocenters. The number of aliphatic hydroxyl groups is 1. The maximum atomic E-state index is 9.12. The Balaban J connectivity index is 3.86. The number of hydrogen-bond acceptors (Lipinski definition) is 1. The summed E-state index contributed by atoms with van der Waals surface area (Å²) in [5.41, 5.74) is 0.988. The Morgan fingerprint density at radius 1 is 1.67 bits per heavy atom. The fraction of sp³-hybridized carbons (Fsp3) is 0.500. The highest BCUT2D eigenvalue weighted by atomic mass is 16.3. The van der Waals surface area contributed by atoms with Gasteiger partial charge >= 0.3 is 0 Å². The lowest BCUT2D eigenvalue weighted by Gasteiger charge is -2.13. The zero-order valence-electron chi connectivity index (χ0n) is 6.09. The van der Waals surface area contributed by atoms with Crippen molar-refractivity contribution in [2.24, 2.45) is 5.92 Å². The minimum absolute atomic E-state index is 0.127. The van der Waals surface area contributed by atoms with Crippen molar-refractivity contribution >= 4 is 0 Å². The SMILES string of the molecule is C=CC(O)C(C)C(=C)C. The number of rotatable bonds is 3. The normalized spacial score (nSPS) is 16.3. The molecule has 0 aliphatic rings. The molecule has 0 heterocycles. The van der Waals surface area contributed by atoms with Crippen LogP contribution in [-0.4, -0.2) is 11.2 Å². The molecule has 0 aliphatic heterocycles. The van der Waals surface area contributed by atoms with Gasteiger partial charge in [0, 0.05) is 5.92 Å². The van der Waals surface area contributed by atoms with Crippen molar-refractivity contribution in [3.63, 3.8) is 0 Å². The van der Waals surface area contributed by atoms with Crippen molar-refractivity contribution in [3.05, 3.63) is 24.8 Å². The summed E-state index contributed by atoms with van der Waals surface area (Å²) in [4.78, 5) is 0. The third-order valence-electron chi connectivity index (χ3n) is 1.53. The Kier molecular flexibility index (Phi) is 3.25. The van der Waals surface area contributed by atoms with Crippen LogP contribution in [0, 0.1) is 5.92 Å². The van der Waals surface area contributed by atoms with Crippen LogP contribution in [0.3, 0.4) is 0 Å². The van der Waals surface area contributed by atoms with Crippen molar-refractivity contribution in [3.8, 4) is 0 Å². The highest BCUT2D eigenvalue weighted by molar-refractivity contribution is 5.01. The molecular formula is C8H14O. The predicted octanol–water partition coefficient (Wildman–Crippen LogP) is 1.75. The monoisotopic (exact) mass is 126 g/mol. The lowest BCUT2D eigenvalue weighted by molar-refractivity contribution is 0.180. The summed E-state index contributed by atoms with van der Waals surface area (Å²) in [6.45, 7) is 11.0. The maximum absolute atomic E-state index is 9.12. The van der Waals surface area contributed by atoms with Gasteiger partial charge in [-0.1, -0.05) is 25.2 Å². The van der Waals surface area contributed by atoms with E-state index in [9.17, 15) is 0 Å². The van der Waals surface area contributed by atoms with Crippen molar-refractivity contribution in [1.29, 1.82) is 0 Å². The van der Waals surface area contributed by atoms with Gasteiger partial charge in [0.15, 0.2) is 0 Å². The molecule has 1 heteroatoms. The largest absolute Gasteiger partial charge is 0.388 e. The van der Waals surface area contributed by atoms with Crippen LogP contribution in [0.15, 0.2) is 24.8 Å². The zero-order chi connectivity index (χ0) is 7.44. The second-order valence-corrected chi connectivity index (χ2v) is 2.36. The van der Waals surface area contributed by atoms with Gasteiger partial charge in [0.2, 0.25) is 0 Å². The molecule has 0 spiro atoms. The Labute approximate surface area is 56.7 Å². The van der Waals surface area contributed by atoms with Crippen LogP contribution < -0.4 is 0 Å². The second-order valence-electron chi connectivity index (χ2n) is 2.36. The van der Waals surface area contributed by atoms with E-state index in [0.717, 1.165) is 5.57 Å². The summed E-state index contributed by atoms with van der Waals surface area (Å²) in [5, 5.41) is 9.12. The predicted molar refractivity (Wildman–Crippen MR) is 40.2 cm³/mol. The molecule has 0 amide bonds. The summed E-state index contributed by atoms with van der Waals surface area (Å²) in [7, 11) is 0. The molecule has 0 aromatic rings. The summed E-state index contributed by atoms with van der Waals surface area (Å²) in [5.74, 6) is 0.127. The Hall–Kier alpha value is -0.560. The topological polar surface area (TPSA) is 20.2 Å². The first kappa shape index (κ1) is 8.44. The first-order chi connectivity index (χ1) is 4.09.